The molecule has 4 nitrogen and oxygen atoms in total. The van der Waals surface area contributed by atoms with Gasteiger partial charge in [-0.25, -0.2) is 4.79 Å². The second-order valence-corrected chi connectivity index (χ2v) is 2.64. The summed E-state index contributed by atoms with van der Waals surface area (Å²) >= 11 is 0. The van der Waals surface area contributed by atoms with Crippen molar-refractivity contribution < 1.29 is 4.79 Å². The Morgan fingerprint density at radius 2 is 2.25 bits per heavy atom. The maximum atomic E-state index is 10.9. The smallest absolute Gasteiger partial charge is 0.319 e. The van der Waals surface area contributed by atoms with E-state index in [9.17, 15) is 4.79 Å². The van der Waals surface area contributed by atoms with Gasteiger partial charge in [-0.3, -0.25) is 0 Å². The second kappa shape index (κ2) is 2.41. The molecule has 1 radical (unpaired) electrons. The zero-order valence-electron chi connectivity index (χ0n) is 6.35. The average Bonchev–Trinajstić information content (AvgIpc) is 2.04. The van der Waals surface area contributed by atoms with Gasteiger partial charge in [0.2, 0.25) is 0 Å². The van der Waals surface area contributed by atoms with Gasteiger partial charge in [-0.05, 0) is 12.1 Å². The summed E-state index contributed by atoms with van der Waals surface area (Å²) in [6, 6.07) is 5.06. The Balaban J connectivity index is 2.48. The SMILES string of the molecule is [NH]c1cccc2c1CNC(=O)N2. The van der Waals surface area contributed by atoms with Crippen LogP contribution in [-0.2, 0) is 6.54 Å². The van der Waals surface area contributed by atoms with Gasteiger partial charge in [0, 0.05) is 17.8 Å². The number of benzene rings is 1. The van der Waals surface area contributed by atoms with Crippen LogP contribution in [0.4, 0.5) is 16.2 Å². The van der Waals surface area contributed by atoms with Gasteiger partial charge in [0.15, 0.2) is 0 Å². The minimum Gasteiger partial charge on any atom is -0.334 e. The summed E-state index contributed by atoms with van der Waals surface area (Å²) in [4.78, 5) is 10.9. The van der Waals surface area contributed by atoms with Gasteiger partial charge in [-0.15, -0.1) is 0 Å². The first-order valence-electron chi connectivity index (χ1n) is 3.66. The molecule has 0 aliphatic carbocycles. The van der Waals surface area contributed by atoms with Crippen LogP contribution >= 0.6 is 0 Å². The monoisotopic (exact) mass is 162 g/mol. The van der Waals surface area contributed by atoms with Gasteiger partial charge in [0.25, 0.3) is 0 Å². The predicted molar refractivity (Wildman–Crippen MR) is 45.1 cm³/mol. The summed E-state index contributed by atoms with van der Waals surface area (Å²) in [6.07, 6.45) is 0. The van der Waals surface area contributed by atoms with Crippen molar-refractivity contribution in [1.82, 2.24) is 11.1 Å². The van der Waals surface area contributed by atoms with Crippen LogP contribution in [0.15, 0.2) is 18.2 Å². The average molecular weight is 162 g/mol. The van der Waals surface area contributed by atoms with Crippen molar-refractivity contribution in [3.05, 3.63) is 23.8 Å². The number of anilines is 1. The molecule has 0 bridgehead atoms. The van der Waals surface area contributed by atoms with E-state index >= 15 is 0 Å². The third kappa shape index (κ3) is 0.972. The van der Waals surface area contributed by atoms with E-state index in [4.69, 9.17) is 5.73 Å². The molecule has 1 aliphatic heterocycles. The van der Waals surface area contributed by atoms with E-state index in [1.165, 1.54) is 0 Å². The first kappa shape index (κ1) is 6.97. The van der Waals surface area contributed by atoms with E-state index < -0.39 is 0 Å². The number of fused-ring (bicyclic) bond motifs is 1. The Kier molecular flexibility index (Phi) is 1.40. The molecule has 2 rings (SSSR count). The van der Waals surface area contributed by atoms with Crippen molar-refractivity contribution in [2.75, 3.05) is 5.32 Å². The minimum atomic E-state index is -0.201. The Hall–Kier alpha value is -1.71. The number of amides is 2. The van der Waals surface area contributed by atoms with Gasteiger partial charge < -0.3 is 16.4 Å². The van der Waals surface area contributed by atoms with Gasteiger partial charge in [-0.2, -0.15) is 0 Å². The van der Waals surface area contributed by atoms with Crippen LogP contribution in [0.25, 0.3) is 0 Å². The molecule has 0 spiro atoms. The molecule has 4 heteroatoms. The number of carbonyl (C=O) groups is 1. The van der Waals surface area contributed by atoms with Crippen molar-refractivity contribution in [3.63, 3.8) is 0 Å². The third-order valence-electron chi connectivity index (χ3n) is 1.85. The van der Waals surface area contributed by atoms with Crippen molar-refractivity contribution in [1.29, 1.82) is 0 Å². The number of carbonyl (C=O) groups excluding carboxylic acids is 1. The summed E-state index contributed by atoms with van der Waals surface area (Å²) in [7, 11) is 0. The number of urea groups is 1. The molecule has 0 fully saturated rings. The summed E-state index contributed by atoms with van der Waals surface area (Å²) in [5.74, 6) is 0. The molecule has 0 unspecified atom stereocenters. The molecule has 1 aromatic rings. The fourth-order valence-electron chi connectivity index (χ4n) is 1.23. The van der Waals surface area contributed by atoms with Gasteiger partial charge in [-0.1, -0.05) is 6.07 Å². The quantitative estimate of drug-likeness (QED) is 0.592. The highest BCUT2D eigenvalue weighted by molar-refractivity contribution is 5.93. The van der Waals surface area contributed by atoms with Crippen LogP contribution in [0.5, 0.6) is 0 Å². The van der Waals surface area contributed by atoms with Crippen molar-refractivity contribution in [3.8, 4) is 0 Å². The van der Waals surface area contributed by atoms with E-state index in [0.29, 0.717) is 12.2 Å². The van der Waals surface area contributed by atoms with Crippen molar-refractivity contribution >= 4 is 17.4 Å². The van der Waals surface area contributed by atoms with Crippen LogP contribution in [-0.4, -0.2) is 6.03 Å². The highest BCUT2D eigenvalue weighted by atomic mass is 16.2. The summed E-state index contributed by atoms with van der Waals surface area (Å²) in [6.45, 7) is 0.445. The zero-order chi connectivity index (χ0) is 8.55. The molecule has 12 heavy (non-hydrogen) atoms. The number of rotatable bonds is 0. The topological polar surface area (TPSA) is 64.9 Å². The Bertz CT molecular complexity index is 335. The fourth-order valence-corrected chi connectivity index (χ4v) is 1.23. The maximum Gasteiger partial charge on any atom is 0.319 e. The number of hydrogen-bond donors (Lipinski definition) is 2. The lowest BCUT2D eigenvalue weighted by Gasteiger charge is -2.18. The molecule has 0 saturated carbocycles. The van der Waals surface area contributed by atoms with Crippen molar-refractivity contribution in [2.45, 2.75) is 6.54 Å². The van der Waals surface area contributed by atoms with Gasteiger partial charge in [0.05, 0.1) is 5.69 Å². The largest absolute Gasteiger partial charge is 0.334 e. The molecule has 0 saturated heterocycles. The minimum absolute atomic E-state index is 0.201. The van der Waals surface area contributed by atoms with E-state index in [1.807, 2.05) is 0 Å². The standard InChI is InChI=1S/C8H8N3O/c9-6-2-1-3-7-5(6)4-10-8(12)11-7/h1-3,9H,4H2,(H2,10,11,12). The van der Waals surface area contributed by atoms with E-state index in [0.717, 1.165) is 11.3 Å². The van der Waals surface area contributed by atoms with Gasteiger partial charge >= 0.3 is 6.03 Å². The lowest BCUT2D eigenvalue weighted by atomic mass is 10.1. The van der Waals surface area contributed by atoms with Crippen LogP contribution in [0, 0.1) is 0 Å². The first-order valence-corrected chi connectivity index (χ1v) is 3.66. The van der Waals surface area contributed by atoms with Gasteiger partial charge in [0.1, 0.15) is 0 Å². The Morgan fingerprint density at radius 1 is 1.42 bits per heavy atom. The molecule has 0 atom stereocenters. The van der Waals surface area contributed by atoms with Crippen LogP contribution in [0.3, 0.4) is 0 Å². The van der Waals surface area contributed by atoms with Crippen molar-refractivity contribution in [2.24, 2.45) is 0 Å². The van der Waals surface area contributed by atoms with E-state index in [-0.39, 0.29) is 6.03 Å². The lowest BCUT2D eigenvalue weighted by molar-refractivity contribution is 0.251. The number of hydrogen-bond acceptors (Lipinski definition) is 1. The molecule has 0 aromatic heterocycles. The van der Waals surface area contributed by atoms with Crippen LogP contribution < -0.4 is 16.4 Å². The molecular weight excluding hydrogens is 154 g/mol. The normalized spacial score (nSPS) is 14.5. The van der Waals surface area contributed by atoms with Crippen LogP contribution in [0.1, 0.15) is 5.56 Å². The first-order chi connectivity index (χ1) is 5.77. The molecule has 61 valence electrons. The highest BCUT2D eigenvalue weighted by Crippen LogP contribution is 2.24. The molecule has 1 aromatic carbocycles. The zero-order valence-corrected chi connectivity index (χ0v) is 6.35. The lowest BCUT2D eigenvalue weighted by Crippen LogP contribution is -2.33. The number of nitrogens with one attached hydrogen (secondary N) is 3. The highest BCUT2D eigenvalue weighted by Gasteiger charge is 2.14. The Morgan fingerprint density at radius 3 is 3.08 bits per heavy atom. The van der Waals surface area contributed by atoms with Crippen LogP contribution in [0.2, 0.25) is 0 Å². The van der Waals surface area contributed by atoms with E-state index in [2.05, 4.69) is 10.6 Å². The molecular formula is C8H8N3O. The summed E-state index contributed by atoms with van der Waals surface area (Å²) < 4.78 is 0. The molecule has 1 heterocycles. The summed E-state index contributed by atoms with van der Waals surface area (Å²) in [5.41, 5.74) is 9.57. The Labute approximate surface area is 69.8 Å². The molecule has 1 aliphatic rings. The fraction of sp³-hybridized carbons (Fsp3) is 0.125. The second-order valence-electron chi connectivity index (χ2n) is 2.64. The third-order valence-corrected chi connectivity index (χ3v) is 1.85. The maximum absolute atomic E-state index is 10.9. The predicted octanol–water partition coefficient (Wildman–Crippen LogP) is 1.24. The summed E-state index contributed by atoms with van der Waals surface area (Å²) in [5, 5.41) is 5.24. The molecule has 3 N–H and O–H groups in total. The van der Waals surface area contributed by atoms with E-state index in [1.54, 1.807) is 18.2 Å². The molecule has 2 amide bonds.